The van der Waals surface area contributed by atoms with Gasteiger partial charge in [0.1, 0.15) is 11.3 Å². The average molecular weight is 689 g/mol. The summed E-state index contributed by atoms with van der Waals surface area (Å²) < 4.78 is 0. The lowest BCUT2D eigenvalue weighted by atomic mass is 9.90. The van der Waals surface area contributed by atoms with Crippen molar-refractivity contribution in [2.75, 3.05) is 30.3 Å². The maximum atomic E-state index is 12.3. The van der Waals surface area contributed by atoms with Gasteiger partial charge in [-0.2, -0.15) is 0 Å². The smallest absolute Gasteiger partial charge is 0.356 e. The molecule has 0 aromatic heterocycles. The van der Waals surface area contributed by atoms with E-state index >= 15 is 0 Å². The minimum atomic E-state index is -0.729. The van der Waals surface area contributed by atoms with Gasteiger partial charge in [0.05, 0.1) is 0 Å². The van der Waals surface area contributed by atoms with Gasteiger partial charge >= 0.3 is 11.7 Å². The first-order chi connectivity index (χ1) is 23.0. The van der Waals surface area contributed by atoms with Crippen LogP contribution in [0.2, 0.25) is 0 Å². The zero-order valence-corrected chi connectivity index (χ0v) is 29.0. The summed E-state index contributed by atoms with van der Waals surface area (Å²) in [5.74, 6) is 2.49. The number of aryl methyl sites for hydroxylation is 1. The van der Waals surface area contributed by atoms with Crippen LogP contribution < -0.4 is 21.3 Å². The second-order valence-electron chi connectivity index (χ2n) is 12.3. The summed E-state index contributed by atoms with van der Waals surface area (Å²) in [6.45, 7) is 6.99. The molecule has 11 heteroatoms. The molecule has 6 rings (SSSR count). The molecule has 47 heavy (non-hydrogen) atoms. The highest BCUT2D eigenvalue weighted by molar-refractivity contribution is 8.76. The minimum absolute atomic E-state index is 0.0557. The molecule has 0 spiro atoms. The van der Waals surface area contributed by atoms with Gasteiger partial charge in [-0.1, -0.05) is 87.5 Å². The number of carbonyl (C=O) groups excluding carboxylic acids is 3. The molecule has 2 heterocycles. The average Bonchev–Trinajstić information content (AvgIpc) is 3.59. The Bertz CT molecular complexity index is 1760. The largest absolute Gasteiger partial charge is 0.389 e. The highest BCUT2D eigenvalue weighted by Gasteiger charge is 2.65. The van der Waals surface area contributed by atoms with E-state index < -0.39 is 5.66 Å². The van der Waals surface area contributed by atoms with E-state index in [2.05, 4.69) is 80.7 Å². The SMILES string of the molecule is C#[N+][C@]12NC(=O)N[C@H]1CS[C@H]2CCCCC(=O)NCCSSCCC(=O)NCCCCc1ccc2ccc3cccc4ccc1c2c34. The number of hydrogen-bond acceptors (Lipinski definition) is 6. The van der Waals surface area contributed by atoms with E-state index in [0.29, 0.717) is 25.9 Å². The van der Waals surface area contributed by atoms with Crippen LogP contribution in [0.25, 0.3) is 37.2 Å². The number of thioether (sulfide) groups is 1. The number of fused-ring (bicyclic) bond motifs is 1. The molecular weight excluding hydrogens is 647 g/mol. The van der Waals surface area contributed by atoms with Crippen LogP contribution in [0, 0.1) is 6.57 Å². The zero-order valence-electron chi connectivity index (χ0n) is 26.5. The van der Waals surface area contributed by atoms with Crippen molar-refractivity contribution in [1.29, 1.82) is 0 Å². The van der Waals surface area contributed by atoms with E-state index in [-0.39, 0.29) is 29.1 Å². The first-order valence-corrected chi connectivity index (χ1v) is 20.1. The van der Waals surface area contributed by atoms with Gasteiger partial charge in [0.2, 0.25) is 11.8 Å². The monoisotopic (exact) mass is 688 g/mol. The Labute approximate surface area is 288 Å². The van der Waals surface area contributed by atoms with Gasteiger partial charge in [0.15, 0.2) is 0 Å². The maximum Gasteiger partial charge on any atom is 0.389 e. The summed E-state index contributed by atoms with van der Waals surface area (Å²) in [5, 5.41) is 19.9. The Balaban J connectivity index is 0.782. The second kappa shape index (κ2) is 15.7. The molecule has 2 aliphatic heterocycles. The number of nitrogens with zero attached hydrogens (tertiary/aromatic N) is 1. The number of urea groups is 1. The molecule has 0 radical (unpaired) electrons. The third-order valence-corrected chi connectivity index (χ3v) is 13.2. The van der Waals surface area contributed by atoms with Crippen molar-refractivity contribution in [3.63, 3.8) is 0 Å². The maximum absolute atomic E-state index is 12.3. The molecule has 2 saturated heterocycles. The van der Waals surface area contributed by atoms with Gasteiger partial charge in [-0.15, -0.1) is 11.8 Å². The van der Waals surface area contributed by atoms with Gasteiger partial charge in [0, 0.05) is 43.2 Å². The summed E-state index contributed by atoms with van der Waals surface area (Å²) in [4.78, 5) is 40.3. The molecule has 2 aliphatic rings. The van der Waals surface area contributed by atoms with Crippen LogP contribution in [0.3, 0.4) is 0 Å². The summed E-state index contributed by atoms with van der Waals surface area (Å²) in [6, 6.07) is 19.7. The van der Waals surface area contributed by atoms with Crippen LogP contribution >= 0.6 is 33.3 Å². The molecular formula is C36H42N5O3S3+. The van der Waals surface area contributed by atoms with Crippen molar-refractivity contribution in [3.05, 3.63) is 65.0 Å². The fourth-order valence-electron chi connectivity index (χ4n) is 6.85. The topological polar surface area (TPSA) is 104 Å². The Hall–Kier alpha value is -3.33. The van der Waals surface area contributed by atoms with Gasteiger partial charge in [-0.25, -0.2) is 4.79 Å². The van der Waals surface area contributed by atoms with Gasteiger partial charge in [0.25, 0.3) is 6.57 Å². The van der Waals surface area contributed by atoms with Crippen LogP contribution in [0.4, 0.5) is 4.79 Å². The van der Waals surface area contributed by atoms with E-state index in [0.717, 1.165) is 55.8 Å². The van der Waals surface area contributed by atoms with Crippen molar-refractivity contribution >= 4 is 83.5 Å². The van der Waals surface area contributed by atoms with Crippen LogP contribution in [0.15, 0.2) is 54.6 Å². The van der Waals surface area contributed by atoms with Crippen LogP contribution in [-0.4, -0.2) is 65.1 Å². The van der Waals surface area contributed by atoms with Crippen molar-refractivity contribution < 1.29 is 14.4 Å². The first kappa shape index (κ1) is 33.6. The molecule has 8 nitrogen and oxygen atoms in total. The predicted octanol–water partition coefficient (Wildman–Crippen LogP) is 6.93. The summed E-state index contributed by atoms with van der Waals surface area (Å²) in [6.07, 6.45) is 6.47. The summed E-state index contributed by atoms with van der Waals surface area (Å²) in [5.41, 5.74) is 0.646. The van der Waals surface area contributed by atoms with Gasteiger partial charge < -0.3 is 16.0 Å². The quantitative estimate of drug-likeness (QED) is 0.0416. The Morgan fingerprint density at radius 3 is 2.43 bits per heavy atom. The first-order valence-electron chi connectivity index (χ1n) is 16.5. The second-order valence-corrected chi connectivity index (χ2v) is 16.2. The fourth-order valence-corrected chi connectivity index (χ4v) is 10.4. The van der Waals surface area contributed by atoms with E-state index in [1.165, 1.54) is 37.9 Å². The number of carbonyl (C=O) groups is 3. The highest BCUT2D eigenvalue weighted by Crippen LogP contribution is 2.42. The highest BCUT2D eigenvalue weighted by atomic mass is 33.1. The van der Waals surface area contributed by atoms with E-state index in [9.17, 15) is 14.4 Å². The lowest BCUT2D eigenvalue weighted by Crippen LogP contribution is -2.50. The van der Waals surface area contributed by atoms with E-state index in [4.69, 9.17) is 6.57 Å². The third kappa shape index (κ3) is 7.71. The molecule has 4 amide bonds. The van der Waals surface area contributed by atoms with Crippen molar-refractivity contribution in [3.8, 4) is 6.57 Å². The Morgan fingerprint density at radius 2 is 1.60 bits per heavy atom. The minimum Gasteiger partial charge on any atom is -0.356 e. The number of rotatable bonds is 17. The van der Waals surface area contributed by atoms with Crippen molar-refractivity contribution in [1.82, 2.24) is 21.3 Å². The van der Waals surface area contributed by atoms with Crippen LogP contribution in [-0.2, 0) is 16.0 Å². The molecule has 3 atom stereocenters. The molecule has 4 N–H and O–H groups in total. The molecule has 4 aromatic rings. The normalized spacial score (nSPS) is 20.3. The number of amides is 4. The molecule has 0 bridgehead atoms. The standard InChI is InChI=1S/C36H41N5O3S3/c1-37-36-29(40-35(44)41-36)23-45-30(36)10-2-3-11-31(42)39-20-22-47-46-21-18-32(43)38-19-5-4-7-24-12-13-27-15-14-25-8-6-9-26-16-17-28(24)34(27)33(25)26/h1,6,8-9,12-17,29-30H,2-5,7,10-11,18-23H2,(H3-,38,39,40,41,42,43,44)/p+1/t29-,30-,36-/m0/s1. The molecule has 0 saturated carbocycles. The van der Waals surface area contributed by atoms with E-state index in [1.807, 2.05) is 0 Å². The number of benzene rings is 4. The molecule has 2 fully saturated rings. The van der Waals surface area contributed by atoms with Crippen LogP contribution in [0.1, 0.15) is 50.5 Å². The van der Waals surface area contributed by atoms with Gasteiger partial charge in [-0.3, -0.25) is 14.9 Å². The fraction of sp³-hybridized carbons (Fsp3) is 0.444. The predicted molar refractivity (Wildman–Crippen MR) is 200 cm³/mol. The number of nitrogens with one attached hydrogen (secondary N) is 4. The van der Waals surface area contributed by atoms with Gasteiger partial charge in [-0.05, 0) is 70.0 Å². The Kier molecular flexibility index (Phi) is 11.2. The number of unbranched alkanes of at least 4 members (excludes halogenated alkanes) is 2. The molecule has 0 aliphatic carbocycles. The van der Waals surface area contributed by atoms with E-state index in [1.54, 1.807) is 33.3 Å². The molecule has 4 aromatic carbocycles. The molecule has 0 unspecified atom stereocenters. The molecule has 246 valence electrons. The van der Waals surface area contributed by atoms with Crippen LogP contribution in [0.5, 0.6) is 0 Å². The number of hydrogen-bond donors (Lipinski definition) is 4. The third-order valence-electron chi connectivity index (χ3n) is 9.26. The lowest BCUT2D eigenvalue weighted by Gasteiger charge is -2.17. The lowest BCUT2D eigenvalue weighted by molar-refractivity contribution is -0.121. The van der Waals surface area contributed by atoms with Crippen molar-refractivity contribution in [2.24, 2.45) is 0 Å². The Morgan fingerprint density at radius 1 is 0.872 bits per heavy atom. The van der Waals surface area contributed by atoms with Crippen molar-refractivity contribution in [2.45, 2.75) is 68.3 Å². The summed E-state index contributed by atoms with van der Waals surface area (Å²) in [7, 11) is 3.35. The zero-order chi connectivity index (χ0) is 32.6. The summed E-state index contributed by atoms with van der Waals surface area (Å²) >= 11 is 1.77.